The van der Waals surface area contributed by atoms with Crippen LogP contribution in [0.1, 0.15) is 25.7 Å². The molecule has 4 rings (SSSR count). The van der Waals surface area contributed by atoms with Gasteiger partial charge in [-0.25, -0.2) is 15.0 Å². The van der Waals surface area contributed by atoms with Crippen molar-refractivity contribution in [3.8, 4) is 0 Å². The van der Waals surface area contributed by atoms with Crippen LogP contribution in [-0.4, -0.2) is 69.5 Å². The molecule has 8 nitrogen and oxygen atoms in total. The van der Waals surface area contributed by atoms with Gasteiger partial charge < -0.3 is 20.1 Å². The minimum absolute atomic E-state index is 0.120. The van der Waals surface area contributed by atoms with Gasteiger partial charge in [-0.2, -0.15) is 0 Å². The number of carbonyl (C=O) groups excluding carboxylic acids is 1. The zero-order chi connectivity index (χ0) is 16.7. The first-order valence-electron chi connectivity index (χ1n) is 8.48. The maximum atomic E-state index is 12.7. The average Bonchev–Trinajstić information content (AvgIpc) is 3.19. The third-order valence-corrected chi connectivity index (χ3v) is 5.33. The molecule has 24 heavy (non-hydrogen) atoms. The Morgan fingerprint density at radius 2 is 1.96 bits per heavy atom. The van der Waals surface area contributed by atoms with Gasteiger partial charge in [0.1, 0.15) is 11.8 Å². The van der Waals surface area contributed by atoms with Gasteiger partial charge in [0.2, 0.25) is 5.91 Å². The number of piperidine rings is 1. The molecule has 0 spiro atoms. The van der Waals surface area contributed by atoms with E-state index in [2.05, 4.69) is 25.3 Å². The number of H-pyrrole nitrogens is 1. The Morgan fingerprint density at radius 1 is 1.21 bits per heavy atom. The van der Waals surface area contributed by atoms with E-state index in [1.807, 2.05) is 23.9 Å². The summed E-state index contributed by atoms with van der Waals surface area (Å²) < 4.78 is 0. The third-order valence-electron chi connectivity index (χ3n) is 5.33. The fraction of sp³-hybridized carbons (Fsp3) is 0.625. The van der Waals surface area contributed by atoms with Crippen molar-refractivity contribution >= 4 is 22.9 Å². The number of rotatable bonds is 4. The normalized spacial score (nSPS) is 25.8. The number of hydrogen-bond acceptors (Lipinski definition) is 6. The lowest BCUT2D eigenvalue weighted by Crippen LogP contribution is -2.50. The number of aromatic amines is 1. The molecule has 2 atom stereocenters. The molecular formula is C16H23N7O. The minimum Gasteiger partial charge on any atom is -0.348 e. The number of nitrogens with zero attached hydrogens (tertiary/aromatic N) is 5. The molecule has 2 aliphatic rings. The molecule has 2 bridgehead atoms. The molecule has 128 valence electrons. The van der Waals surface area contributed by atoms with Crippen LogP contribution in [0, 0.1) is 0 Å². The van der Waals surface area contributed by atoms with Crippen LogP contribution < -0.4 is 10.2 Å². The van der Waals surface area contributed by atoms with Gasteiger partial charge in [0.25, 0.3) is 0 Å². The van der Waals surface area contributed by atoms with Crippen LogP contribution in [-0.2, 0) is 4.79 Å². The summed E-state index contributed by atoms with van der Waals surface area (Å²) >= 11 is 0. The Morgan fingerprint density at radius 3 is 2.71 bits per heavy atom. The topological polar surface area (TPSA) is 90.0 Å². The van der Waals surface area contributed by atoms with Gasteiger partial charge in [0, 0.05) is 32.2 Å². The van der Waals surface area contributed by atoms with Crippen molar-refractivity contribution in [2.45, 2.75) is 43.8 Å². The van der Waals surface area contributed by atoms with Crippen molar-refractivity contribution in [3.05, 3.63) is 12.7 Å². The van der Waals surface area contributed by atoms with Crippen LogP contribution in [0.15, 0.2) is 12.7 Å². The number of amides is 1. The van der Waals surface area contributed by atoms with E-state index in [9.17, 15) is 4.79 Å². The fourth-order valence-corrected chi connectivity index (χ4v) is 3.98. The van der Waals surface area contributed by atoms with E-state index in [4.69, 9.17) is 0 Å². The number of likely N-dealkylation sites (N-methyl/N-ethyl adjacent to an activating group) is 2. The Kier molecular flexibility index (Phi) is 3.84. The van der Waals surface area contributed by atoms with Gasteiger partial charge in [0.15, 0.2) is 11.5 Å². The highest BCUT2D eigenvalue weighted by Gasteiger charge is 2.36. The number of anilines is 1. The zero-order valence-corrected chi connectivity index (χ0v) is 14.1. The molecule has 8 heteroatoms. The van der Waals surface area contributed by atoms with Gasteiger partial charge in [-0.1, -0.05) is 0 Å². The Bertz CT molecular complexity index is 733. The van der Waals surface area contributed by atoms with Crippen LogP contribution in [0.4, 0.5) is 5.82 Å². The fourth-order valence-electron chi connectivity index (χ4n) is 3.98. The minimum atomic E-state index is 0.120. The molecule has 2 aromatic rings. The average molecular weight is 329 g/mol. The van der Waals surface area contributed by atoms with Gasteiger partial charge >= 0.3 is 0 Å². The second-order valence-corrected chi connectivity index (χ2v) is 6.92. The largest absolute Gasteiger partial charge is 0.348 e. The predicted octanol–water partition coefficient (Wildman–Crippen LogP) is 0.531. The molecule has 2 saturated heterocycles. The summed E-state index contributed by atoms with van der Waals surface area (Å²) in [5.41, 5.74) is 1.37. The maximum absolute atomic E-state index is 12.7. The van der Waals surface area contributed by atoms with E-state index in [1.54, 1.807) is 6.33 Å². The number of aromatic nitrogens is 4. The summed E-state index contributed by atoms with van der Waals surface area (Å²) in [6.45, 7) is 0.293. The molecule has 2 fully saturated rings. The number of imidazole rings is 1. The lowest BCUT2D eigenvalue weighted by atomic mass is 9.98. The van der Waals surface area contributed by atoms with E-state index in [1.165, 1.54) is 19.2 Å². The lowest BCUT2D eigenvalue weighted by molar-refractivity contribution is -0.131. The standard InChI is InChI=1S/C16H23N7O/c1-22(16-14-15(18-8-17-14)19-9-20-16)7-13(24)23(2)12-5-10-3-4-11(6-12)21-10/h8-12,21H,3-7H2,1-2H3,(H,17,18,19,20). The molecule has 0 aromatic carbocycles. The van der Waals surface area contributed by atoms with Crippen molar-refractivity contribution in [2.75, 3.05) is 25.5 Å². The van der Waals surface area contributed by atoms with Crippen LogP contribution in [0.2, 0.25) is 0 Å². The highest BCUT2D eigenvalue weighted by molar-refractivity contribution is 5.87. The van der Waals surface area contributed by atoms with E-state index >= 15 is 0 Å². The zero-order valence-electron chi connectivity index (χ0n) is 14.1. The summed E-state index contributed by atoms with van der Waals surface area (Å²) in [6.07, 6.45) is 7.66. The quantitative estimate of drug-likeness (QED) is 0.850. The van der Waals surface area contributed by atoms with E-state index in [0.29, 0.717) is 36.1 Å². The Labute approximate surface area is 140 Å². The molecule has 0 radical (unpaired) electrons. The lowest BCUT2D eigenvalue weighted by Gasteiger charge is -2.36. The van der Waals surface area contributed by atoms with E-state index in [-0.39, 0.29) is 5.91 Å². The summed E-state index contributed by atoms with van der Waals surface area (Å²) in [4.78, 5) is 32.1. The third kappa shape index (κ3) is 2.71. The SMILES string of the molecule is CN(CC(=O)N(C)C1CC2CCC(C1)N2)c1ncnc2nc[nH]c12. The Balaban J connectivity index is 1.44. The first-order valence-corrected chi connectivity index (χ1v) is 8.48. The Hall–Kier alpha value is -2.22. The van der Waals surface area contributed by atoms with Crippen molar-refractivity contribution in [2.24, 2.45) is 0 Å². The molecule has 2 N–H and O–H groups in total. The van der Waals surface area contributed by atoms with Crippen molar-refractivity contribution < 1.29 is 4.79 Å². The summed E-state index contributed by atoms with van der Waals surface area (Å²) in [5.74, 6) is 0.819. The molecule has 0 aliphatic carbocycles. The van der Waals surface area contributed by atoms with Gasteiger partial charge in [-0.15, -0.1) is 0 Å². The highest BCUT2D eigenvalue weighted by Crippen LogP contribution is 2.29. The van der Waals surface area contributed by atoms with Crippen LogP contribution >= 0.6 is 0 Å². The van der Waals surface area contributed by atoms with Gasteiger partial charge in [0.05, 0.1) is 12.9 Å². The molecular weight excluding hydrogens is 306 g/mol. The van der Waals surface area contributed by atoms with Crippen LogP contribution in [0.25, 0.3) is 11.2 Å². The maximum Gasteiger partial charge on any atom is 0.242 e. The second-order valence-electron chi connectivity index (χ2n) is 6.92. The number of fused-ring (bicyclic) bond motifs is 3. The molecule has 2 aliphatic heterocycles. The molecule has 2 aromatic heterocycles. The number of nitrogens with one attached hydrogen (secondary N) is 2. The van der Waals surface area contributed by atoms with E-state index < -0.39 is 0 Å². The first-order chi connectivity index (χ1) is 11.6. The number of carbonyl (C=O) groups is 1. The smallest absolute Gasteiger partial charge is 0.242 e. The number of hydrogen-bond donors (Lipinski definition) is 2. The van der Waals surface area contributed by atoms with Crippen molar-refractivity contribution in [1.82, 2.24) is 30.2 Å². The van der Waals surface area contributed by atoms with Crippen LogP contribution in [0.3, 0.4) is 0 Å². The van der Waals surface area contributed by atoms with Gasteiger partial charge in [-0.3, -0.25) is 4.79 Å². The van der Waals surface area contributed by atoms with Crippen LogP contribution in [0.5, 0.6) is 0 Å². The molecule has 1 amide bonds. The van der Waals surface area contributed by atoms with Gasteiger partial charge in [-0.05, 0) is 25.7 Å². The van der Waals surface area contributed by atoms with Crippen molar-refractivity contribution in [1.29, 1.82) is 0 Å². The van der Waals surface area contributed by atoms with E-state index in [0.717, 1.165) is 18.4 Å². The van der Waals surface area contributed by atoms with Crippen molar-refractivity contribution in [3.63, 3.8) is 0 Å². The summed E-state index contributed by atoms with van der Waals surface area (Å²) in [7, 11) is 3.80. The monoisotopic (exact) mass is 329 g/mol. The molecule has 2 unspecified atom stereocenters. The highest BCUT2D eigenvalue weighted by atomic mass is 16.2. The summed E-state index contributed by atoms with van der Waals surface area (Å²) in [6, 6.07) is 1.49. The first kappa shape index (κ1) is 15.3. The summed E-state index contributed by atoms with van der Waals surface area (Å²) in [5, 5.41) is 3.62. The molecule has 0 saturated carbocycles. The predicted molar refractivity (Wildman–Crippen MR) is 90.7 cm³/mol. The molecule has 4 heterocycles. The second kappa shape index (κ2) is 6.01.